The Labute approximate surface area is 156 Å². The first-order valence-electron chi connectivity index (χ1n) is 8.40. The molecule has 6 nitrogen and oxygen atoms in total. The number of rotatable bonds is 5. The maximum absolute atomic E-state index is 12.2. The molecule has 2 amide bonds. The maximum atomic E-state index is 12.2. The lowest BCUT2D eigenvalue weighted by Gasteiger charge is -2.07. The van der Waals surface area contributed by atoms with Gasteiger partial charge in [0.2, 0.25) is 0 Å². The highest BCUT2D eigenvalue weighted by Gasteiger charge is 2.09. The van der Waals surface area contributed by atoms with Gasteiger partial charge in [-0.15, -0.1) is 0 Å². The first kappa shape index (κ1) is 18.1. The van der Waals surface area contributed by atoms with Crippen molar-refractivity contribution in [2.75, 3.05) is 5.32 Å². The van der Waals surface area contributed by atoms with Crippen LogP contribution in [0.2, 0.25) is 0 Å². The predicted molar refractivity (Wildman–Crippen MR) is 104 cm³/mol. The third-order valence-electron chi connectivity index (χ3n) is 4.02. The second kappa shape index (κ2) is 8.14. The van der Waals surface area contributed by atoms with Crippen molar-refractivity contribution in [2.24, 2.45) is 5.10 Å². The maximum Gasteiger partial charge on any atom is 0.291 e. The van der Waals surface area contributed by atoms with Crippen LogP contribution in [0, 0.1) is 6.92 Å². The van der Waals surface area contributed by atoms with Gasteiger partial charge in [0.15, 0.2) is 5.76 Å². The Hall–Kier alpha value is -3.67. The van der Waals surface area contributed by atoms with E-state index in [1.807, 2.05) is 37.3 Å². The number of benzene rings is 2. The number of aryl methyl sites for hydroxylation is 1. The number of nitrogens with one attached hydrogen (secondary N) is 2. The van der Waals surface area contributed by atoms with Crippen LogP contribution in [0.4, 0.5) is 5.69 Å². The zero-order valence-corrected chi connectivity index (χ0v) is 15.0. The number of nitrogens with zero attached hydrogens (tertiary/aromatic N) is 1. The summed E-state index contributed by atoms with van der Waals surface area (Å²) in [5, 5.41) is 6.90. The molecule has 6 heteroatoms. The van der Waals surface area contributed by atoms with E-state index < -0.39 is 0 Å². The monoisotopic (exact) mass is 361 g/mol. The molecule has 0 aliphatic heterocycles. The van der Waals surface area contributed by atoms with Crippen LogP contribution in [0.3, 0.4) is 0 Å². The summed E-state index contributed by atoms with van der Waals surface area (Å²) >= 11 is 0. The fraction of sp³-hybridized carbons (Fsp3) is 0.0952. The van der Waals surface area contributed by atoms with Crippen molar-refractivity contribution in [1.82, 2.24) is 5.43 Å². The second-order valence-electron chi connectivity index (χ2n) is 5.96. The largest absolute Gasteiger partial charge is 0.459 e. The molecule has 136 valence electrons. The normalized spacial score (nSPS) is 11.1. The molecule has 0 aliphatic rings. The Balaban J connectivity index is 1.64. The van der Waals surface area contributed by atoms with Crippen LogP contribution in [-0.2, 0) is 0 Å². The van der Waals surface area contributed by atoms with Gasteiger partial charge in [-0.1, -0.05) is 30.3 Å². The van der Waals surface area contributed by atoms with E-state index in [0.717, 1.165) is 11.1 Å². The van der Waals surface area contributed by atoms with Crippen LogP contribution < -0.4 is 10.7 Å². The van der Waals surface area contributed by atoms with Crippen LogP contribution in [0.15, 0.2) is 76.4 Å². The van der Waals surface area contributed by atoms with Crippen molar-refractivity contribution >= 4 is 23.2 Å². The van der Waals surface area contributed by atoms with Crippen molar-refractivity contribution in [3.63, 3.8) is 0 Å². The lowest BCUT2D eigenvalue weighted by molar-refractivity contribution is 0.0953. The number of hydrogen-bond donors (Lipinski definition) is 2. The molecule has 0 spiro atoms. The molecule has 0 saturated carbocycles. The third-order valence-corrected chi connectivity index (χ3v) is 4.02. The van der Waals surface area contributed by atoms with Crippen molar-refractivity contribution in [2.45, 2.75) is 13.8 Å². The van der Waals surface area contributed by atoms with Crippen LogP contribution in [0.25, 0.3) is 0 Å². The Morgan fingerprint density at radius 3 is 2.33 bits per heavy atom. The summed E-state index contributed by atoms with van der Waals surface area (Å²) in [5.74, 6) is -0.325. The van der Waals surface area contributed by atoms with Gasteiger partial charge in [0.25, 0.3) is 11.8 Å². The van der Waals surface area contributed by atoms with Crippen molar-refractivity contribution in [3.05, 3.63) is 89.4 Å². The van der Waals surface area contributed by atoms with E-state index in [-0.39, 0.29) is 17.6 Å². The van der Waals surface area contributed by atoms with Gasteiger partial charge in [-0.3, -0.25) is 9.59 Å². The standard InChI is InChI=1S/C21H19N3O3/c1-14-6-3-4-7-18(14)20(25)24-23-15(2)16-9-11-17(12-10-16)22-21(26)19-8-5-13-27-19/h3-13H,1-2H3,(H,22,26)(H,24,25). The molecule has 27 heavy (non-hydrogen) atoms. The van der Waals surface area contributed by atoms with Crippen LogP contribution in [0.5, 0.6) is 0 Å². The highest BCUT2D eigenvalue weighted by atomic mass is 16.3. The number of hydrazone groups is 1. The van der Waals surface area contributed by atoms with Crippen molar-refractivity contribution in [3.8, 4) is 0 Å². The van der Waals surface area contributed by atoms with Crippen LogP contribution in [-0.4, -0.2) is 17.5 Å². The summed E-state index contributed by atoms with van der Waals surface area (Å²) in [7, 11) is 0. The molecule has 2 aromatic carbocycles. The van der Waals surface area contributed by atoms with Gasteiger partial charge in [-0.05, 0) is 55.3 Å². The van der Waals surface area contributed by atoms with Crippen molar-refractivity contribution in [1.29, 1.82) is 0 Å². The fourth-order valence-corrected chi connectivity index (χ4v) is 2.48. The van der Waals surface area contributed by atoms with Crippen LogP contribution >= 0.6 is 0 Å². The van der Waals surface area contributed by atoms with E-state index in [0.29, 0.717) is 17.0 Å². The number of anilines is 1. The van der Waals surface area contributed by atoms with Crippen LogP contribution in [0.1, 0.15) is 39.0 Å². The molecule has 1 heterocycles. The minimum Gasteiger partial charge on any atom is -0.459 e. The van der Waals surface area contributed by atoms with E-state index in [1.165, 1.54) is 6.26 Å². The molecule has 0 saturated heterocycles. The molecule has 0 aliphatic carbocycles. The molecule has 3 rings (SSSR count). The molecule has 1 aromatic heterocycles. The average molecular weight is 361 g/mol. The first-order chi connectivity index (χ1) is 13.0. The zero-order valence-electron chi connectivity index (χ0n) is 15.0. The van der Waals surface area contributed by atoms with E-state index in [9.17, 15) is 9.59 Å². The fourth-order valence-electron chi connectivity index (χ4n) is 2.48. The van der Waals surface area contributed by atoms with Gasteiger partial charge in [-0.2, -0.15) is 5.10 Å². The zero-order chi connectivity index (χ0) is 19.2. The SMILES string of the molecule is CC(=NNC(=O)c1ccccc1C)c1ccc(NC(=O)c2ccco2)cc1. The molecular formula is C21H19N3O3. The summed E-state index contributed by atoms with van der Waals surface area (Å²) in [4.78, 5) is 24.2. The Bertz CT molecular complexity index is 974. The Morgan fingerprint density at radius 2 is 1.67 bits per heavy atom. The number of furan rings is 1. The van der Waals surface area contributed by atoms with E-state index in [4.69, 9.17) is 4.42 Å². The number of carbonyl (C=O) groups is 2. The Kier molecular flexibility index (Phi) is 5.47. The van der Waals surface area contributed by atoms with Gasteiger partial charge < -0.3 is 9.73 Å². The average Bonchev–Trinajstić information content (AvgIpc) is 3.22. The number of amides is 2. The van der Waals surface area contributed by atoms with E-state index in [1.54, 1.807) is 37.3 Å². The third kappa shape index (κ3) is 4.49. The topological polar surface area (TPSA) is 83.7 Å². The summed E-state index contributed by atoms with van der Waals surface area (Å²) in [6.45, 7) is 3.68. The summed E-state index contributed by atoms with van der Waals surface area (Å²) in [6, 6.07) is 17.7. The molecule has 0 fully saturated rings. The van der Waals surface area contributed by atoms with E-state index in [2.05, 4.69) is 15.8 Å². The molecule has 0 radical (unpaired) electrons. The highest BCUT2D eigenvalue weighted by molar-refractivity contribution is 6.03. The molecular weight excluding hydrogens is 342 g/mol. The van der Waals surface area contributed by atoms with Gasteiger partial charge >= 0.3 is 0 Å². The summed E-state index contributed by atoms with van der Waals surface area (Å²) < 4.78 is 5.06. The number of carbonyl (C=O) groups excluding carboxylic acids is 2. The number of hydrogen-bond acceptors (Lipinski definition) is 4. The van der Waals surface area contributed by atoms with Gasteiger partial charge in [0, 0.05) is 11.3 Å². The lowest BCUT2D eigenvalue weighted by Crippen LogP contribution is -2.20. The van der Waals surface area contributed by atoms with Crippen molar-refractivity contribution < 1.29 is 14.0 Å². The van der Waals surface area contributed by atoms with Gasteiger partial charge in [0.1, 0.15) is 0 Å². The quantitative estimate of drug-likeness (QED) is 0.532. The molecule has 3 aromatic rings. The molecule has 0 unspecified atom stereocenters. The lowest BCUT2D eigenvalue weighted by atomic mass is 10.1. The summed E-state index contributed by atoms with van der Waals surface area (Å²) in [5.41, 5.74) is 6.17. The summed E-state index contributed by atoms with van der Waals surface area (Å²) in [6.07, 6.45) is 1.45. The molecule has 0 atom stereocenters. The van der Waals surface area contributed by atoms with Gasteiger partial charge in [-0.25, -0.2) is 5.43 Å². The van der Waals surface area contributed by atoms with Gasteiger partial charge in [0.05, 0.1) is 12.0 Å². The molecule has 2 N–H and O–H groups in total. The Morgan fingerprint density at radius 1 is 0.926 bits per heavy atom. The smallest absolute Gasteiger partial charge is 0.291 e. The minimum absolute atomic E-state index is 0.246. The highest BCUT2D eigenvalue weighted by Crippen LogP contribution is 2.13. The first-order valence-corrected chi connectivity index (χ1v) is 8.40. The minimum atomic E-state index is -0.316. The predicted octanol–water partition coefficient (Wildman–Crippen LogP) is 3.99. The van der Waals surface area contributed by atoms with E-state index >= 15 is 0 Å². The molecule has 0 bridgehead atoms. The second-order valence-corrected chi connectivity index (χ2v) is 5.96.